The number of hydrogen-bond donors (Lipinski definition) is 2. The van der Waals surface area contributed by atoms with Gasteiger partial charge in [0.15, 0.2) is 0 Å². The summed E-state index contributed by atoms with van der Waals surface area (Å²) in [5, 5.41) is 12.4. The maximum absolute atomic E-state index is 11.0. The minimum absolute atomic E-state index is 0.0224. The first-order valence-corrected chi connectivity index (χ1v) is 6.97. The molecule has 1 aliphatic rings. The molecular formula is C12H23NO2S. The molecule has 1 aliphatic heterocycles. The summed E-state index contributed by atoms with van der Waals surface area (Å²) in [7, 11) is 0. The third-order valence-electron chi connectivity index (χ3n) is 2.74. The summed E-state index contributed by atoms with van der Waals surface area (Å²) in [6.07, 6.45) is 2.08. The molecular weight excluding hydrogens is 222 g/mol. The van der Waals surface area contributed by atoms with Crippen LogP contribution in [-0.2, 0) is 4.79 Å². The maximum Gasteiger partial charge on any atom is 0.321 e. The van der Waals surface area contributed by atoms with Crippen LogP contribution in [0.1, 0.15) is 40.5 Å². The van der Waals surface area contributed by atoms with Crippen molar-refractivity contribution in [2.75, 3.05) is 5.75 Å². The Bertz CT molecular complexity index is 243. The molecule has 0 aromatic rings. The Morgan fingerprint density at radius 3 is 2.19 bits per heavy atom. The molecule has 3 nitrogen and oxygen atoms in total. The Morgan fingerprint density at radius 2 is 1.88 bits per heavy atom. The van der Waals surface area contributed by atoms with Gasteiger partial charge in [0.2, 0.25) is 0 Å². The Kier molecular flexibility index (Phi) is 4.68. The van der Waals surface area contributed by atoms with E-state index in [1.807, 2.05) is 0 Å². The highest BCUT2D eigenvalue weighted by Gasteiger charge is 2.42. The second-order valence-electron chi connectivity index (χ2n) is 5.54. The van der Waals surface area contributed by atoms with Crippen molar-refractivity contribution in [1.29, 1.82) is 0 Å². The normalized spacial score (nSPS) is 24.2. The number of carboxylic acid groups (broad SMARTS) is 1. The summed E-state index contributed by atoms with van der Waals surface area (Å²) in [6, 6.07) is -0.373. The third-order valence-corrected chi connectivity index (χ3v) is 4.24. The number of carboxylic acids is 1. The molecule has 2 N–H and O–H groups in total. The molecule has 1 saturated heterocycles. The quantitative estimate of drug-likeness (QED) is 0.781. The predicted molar refractivity (Wildman–Crippen MR) is 68.7 cm³/mol. The van der Waals surface area contributed by atoms with Crippen molar-refractivity contribution in [3.8, 4) is 0 Å². The highest BCUT2D eigenvalue weighted by Crippen LogP contribution is 2.40. The topological polar surface area (TPSA) is 49.3 Å². The first kappa shape index (κ1) is 13.8. The number of rotatable bonds is 5. The van der Waals surface area contributed by atoms with E-state index in [4.69, 9.17) is 5.11 Å². The lowest BCUT2D eigenvalue weighted by Gasteiger charge is -2.32. The fourth-order valence-corrected chi connectivity index (χ4v) is 4.25. The fourth-order valence-electron chi connectivity index (χ4n) is 2.41. The van der Waals surface area contributed by atoms with Crippen molar-refractivity contribution >= 4 is 17.7 Å². The fraction of sp³-hybridized carbons (Fsp3) is 0.917. The van der Waals surface area contributed by atoms with Gasteiger partial charge in [0.05, 0.1) is 4.87 Å². The maximum atomic E-state index is 11.0. The zero-order valence-corrected chi connectivity index (χ0v) is 11.4. The molecule has 16 heavy (non-hydrogen) atoms. The first-order chi connectivity index (χ1) is 7.34. The number of hydrogen-bond acceptors (Lipinski definition) is 3. The van der Waals surface area contributed by atoms with E-state index in [1.165, 1.54) is 0 Å². The van der Waals surface area contributed by atoms with Crippen molar-refractivity contribution in [1.82, 2.24) is 5.32 Å². The molecule has 0 aromatic heterocycles. The molecule has 94 valence electrons. The van der Waals surface area contributed by atoms with Crippen LogP contribution >= 0.6 is 11.8 Å². The van der Waals surface area contributed by atoms with Gasteiger partial charge in [0, 0.05) is 5.75 Å². The minimum atomic E-state index is -0.720. The third kappa shape index (κ3) is 3.67. The van der Waals surface area contributed by atoms with Crippen LogP contribution < -0.4 is 5.32 Å². The summed E-state index contributed by atoms with van der Waals surface area (Å²) in [5.41, 5.74) is 0. The van der Waals surface area contributed by atoms with E-state index in [-0.39, 0.29) is 10.9 Å². The molecule has 1 rings (SSSR count). The lowest BCUT2D eigenvalue weighted by molar-refractivity contribution is -0.139. The number of thioether (sulfide) groups is 1. The van der Waals surface area contributed by atoms with Crippen molar-refractivity contribution in [3.05, 3.63) is 0 Å². The van der Waals surface area contributed by atoms with Crippen LogP contribution in [0.25, 0.3) is 0 Å². The zero-order valence-electron chi connectivity index (χ0n) is 10.6. The number of carbonyl (C=O) groups is 1. The van der Waals surface area contributed by atoms with Crippen molar-refractivity contribution in [2.24, 2.45) is 11.8 Å². The van der Waals surface area contributed by atoms with Gasteiger partial charge in [-0.25, -0.2) is 0 Å². The van der Waals surface area contributed by atoms with E-state index >= 15 is 0 Å². The number of nitrogens with one attached hydrogen (secondary N) is 1. The van der Waals surface area contributed by atoms with Crippen LogP contribution in [0.2, 0.25) is 0 Å². The number of aliphatic carboxylic acids is 1. The molecule has 0 aromatic carbocycles. The van der Waals surface area contributed by atoms with Crippen LogP contribution in [0.15, 0.2) is 0 Å². The zero-order chi connectivity index (χ0) is 12.3. The summed E-state index contributed by atoms with van der Waals surface area (Å²) in [5.74, 6) is 1.15. The summed E-state index contributed by atoms with van der Waals surface area (Å²) >= 11 is 1.79. The molecule has 0 unspecified atom stereocenters. The minimum Gasteiger partial charge on any atom is -0.480 e. The average molecular weight is 245 g/mol. The standard InChI is InChI=1S/C12H23NO2S/c1-8(2)5-12(6-9(3)4)13-10(7-16-12)11(14)15/h8-10,13H,5-7H2,1-4H3,(H,14,15)/t10-/m1/s1. The largest absolute Gasteiger partial charge is 0.480 e. The highest BCUT2D eigenvalue weighted by molar-refractivity contribution is 8.00. The summed E-state index contributed by atoms with van der Waals surface area (Å²) < 4.78 is 0. The average Bonchev–Trinajstić information content (AvgIpc) is 2.46. The van der Waals surface area contributed by atoms with Crippen molar-refractivity contribution < 1.29 is 9.90 Å². The van der Waals surface area contributed by atoms with Gasteiger partial charge < -0.3 is 5.11 Å². The van der Waals surface area contributed by atoms with E-state index in [0.29, 0.717) is 17.6 Å². The van der Waals surface area contributed by atoms with Crippen LogP contribution in [-0.4, -0.2) is 27.7 Å². The Labute approximate surface area is 102 Å². The summed E-state index contributed by atoms with van der Waals surface area (Å²) in [6.45, 7) is 8.77. The van der Waals surface area contributed by atoms with Crippen molar-refractivity contribution in [3.63, 3.8) is 0 Å². The second kappa shape index (κ2) is 5.41. The van der Waals surface area contributed by atoms with E-state index < -0.39 is 5.97 Å². The van der Waals surface area contributed by atoms with Gasteiger partial charge in [0.1, 0.15) is 6.04 Å². The van der Waals surface area contributed by atoms with Gasteiger partial charge in [-0.3, -0.25) is 10.1 Å². The van der Waals surface area contributed by atoms with Gasteiger partial charge in [-0.1, -0.05) is 27.7 Å². The summed E-state index contributed by atoms with van der Waals surface area (Å²) in [4.78, 5) is 11.0. The van der Waals surface area contributed by atoms with Gasteiger partial charge in [-0.05, 0) is 24.7 Å². The van der Waals surface area contributed by atoms with Gasteiger partial charge in [-0.2, -0.15) is 0 Å². The Balaban J connectivity index is 2.70. The molecule has 0 aliphatic carbocycles. The lowest BCUT2D eigenvalue weighted by atomic mass is 9.94. The Hall–Kier alpha value is -0.220. The van der Waals surface area contributed by atoms with E-state index in [2.05, 4.69) is 33.0 Å². The van der Waals surface area contributed by atoms with Crippen molar-refractivity contribution in [2.45, 2.75) is 51.4 Å². The van der Waals surface area contributed by atoms with Gasteiger partial charge in [-0.15, -0.1) is 11.8 Å². The van der Waals surface area contributed by atoms with Crippen LogP contribution in [0.3, 0.4) is 0 Å². The molecule has 0 amide bonds. The van der Waals surface area contributed by atoms with Crippen LogP contribution in [0.5, 0.6) is 0 Å². The van der Waals surface area contributed by atoms with E-state index in [1.54, 1.807) is 11.8 Å². The van der Waals surface area contributed by atoms with E-state index in [9.17, 15) is 4.79 Å². The van der Waals surface area contributed by atoms with Gasteiger partial charge in [0.25, 0.3) is 0 Å². The second-order valence-corrected chi connectivity index (χ2v) is 6.94. The first-order valence-electron chi connectivity index (χ1n) is 5.99. The molecule has 0 saturated carbocycles. The van der Waals surface area contributed by atoms with Crippen LogP contribution in [0, 0.1) is 11.8 Å². The molecule has 0 spiro atoms. The molecule has 4 heteroatoms. The lowest BCUT2D eigenvalue weighted by Crippen LogP contribution is -2.46. The SMILES string of the molecule is CC(C)CC1(CC(C)C)N[C@@H](C(=O)O)CS1. The van der Waals surface area contributed by atoms with Gasteiger partial charge >= 0.3 is 5.97 Å². The van der Waals surface area contributed by atoms with Crippen LogP contribution in [0.4, 0.5) is 0 Å². The molecule has 0 radical (unpaired) electrons. The van der Waals surface area contributed by atoms with E-state index in [0.717, 1.165) is 12.8 Å². The monoisotopic (exact) mass is 245 g/mol. The Morgan fingerprint density at radius 1 is 1.38 bits per heavy atom. The molecule has 1 fully saturated rings. The highest BCUT2D eigenvalue weighted by atomic mass is 32.2. The molecule has 1 atom stereocenters. The molecule has 1 heterocycles. The predicted octanol–water partition coefficient (Wildman–Crippen LogP) is 2.56. The smallest absolute Gasteiger partial charge is 0.321 e. The molecule has 0 bridgehead atoms.